The molecule has 8 heteroatoms. The van der Waals surface area contributed by atoms with Gasteiger partial charge in [-0.15, -0.1) is 0 Å². The molecule has 0 unspecified atom stereocenters. The van der Waals surface area contributed by atoms with Crippen LogP contribution in [0.3, 0.4) is 0 Å². The zero-order chi connectivity index (χ0) is 22.0. The van der Waals surface area contributed by atoms with Gasteiger partial charge in [0.15, 0.2) is 11.4 Å². The molecule has 0 atom stereocenters. The summed E-state index contributed by atoms with van der Waals surface area (Å²) in [5, 5.41) is 3.91. The maximum atomic E-state index is 13.4. The summed E-state index contributed by atoms with van der Waals surface area (Å²) in [4.78, 5) is 17.4. The van der Waals surface area contributed by atoms with Gasteiger partial charge in [-0.3, -0.25) is 9.08 Å². The SMILES string of the molecule is CC(C)(C)C(=O)/C(=N\OS(=O)(=O)C12CC3CC(CC(C3)C1)C2)c1nc2ccccc2o1. The Morgan fingerprint density at radius 3 is 2.23 bits per heavy atom. The van der Waals surface area contributed by atoms with Crippen LogP contribution in [0, 0.1) is 23.2 Å². The number of oxime groups is 1. The Hall–Kier alpha value is -2.22. The lowest BCUT2D eigenvalue weighted by molar-refractivity contribution is -0.119. The number of Topliss-reactive ketones (excluding diaryl/α,β-unsaturated/α-hetero) is 1. The van der Waals surface area contributed by atoms with Crippen molar-refractivity contribution in [3.8, 4) is 0 Å². The molecule has 31 heavy (non-hydrogen) atoms. The number of fused-ring (bicyclic) bond motifs is 1. The minimum absolute atomic E-state index is 0.0261. The highest BCUT2D eigenvalue weighted by Crippen LogP contribution is 2.58. The fourth-order valence-electron chi connectivity index (χ4n) is 6.01. The summed E-state index contributed by atoms with van der Waals surface area (Å²) in [5.41, 5.74) is 0.0523. The van der Waals surface area contributed by atoms with E-state index in [1.54, 1.807) is 39.0 Å². The van der Waals surface area contributed by atoms with E-state index in [0.717, 1.165) is 19.3 Å². The second-order valence-corrected chi connectivity index (χ2v) is 12.6. The molecule has 1 heterocycles. The third-order valence-electron chi connectivity index (χ3n) is 7.13. The minimum Gasteiger partial charge on any atom is -0.435 e. The van der Waals surface area contributed by atoms with Crippen LogP contribution < -0.4 is 0 Å². The van der Waals surface area contributed by atoms with Crippen molar-refractivity contribution in [3.63, 3.8) is 0 Å². The first kappa shape index (κ1) is 20.7. The normalized spacial score (nSPS) is 30.7. The Morgan fingerprint density at radius 2 is 1.68 bits per heavy atom. The van der Waals surface area contributed by atoms with Crippen LogP contribution in [0.5, 0.6) is 0 Å². The first-order chi connectivity index (χ1) is 14.6. The Kier molecular flexibility index (Phi) is 4.59. The third-order valence-corrected chi connectivity index (χ3v) is 8.96. The highest BCUT2D eigenvalue weighted by atomic mass is 32.2. The van der Waals surface area contributed by atoms with Gasteiger partial charge < -0.3 is 4.42 Å². The summed E-state index contributed by atoms with van der Waals surface area (Å²) < 4.78 is 36.9. The zero-order valence-corrected chi connectivity index (χ0v) is 18.9. The Morgan fingerprint density at radius 1 is 1.10 bits per heavy atom. The van der Waals surface area contributed by atoms with Gasteiger partial charge in [0.2, 0.25) is 5.71 Å². The van der Waals surface area contributed by atoms with Gasteiger partial charge in [-0.2, -0.15) is 8.42 Å². The van der Waals surface area contributed by atoms with E-state index in [1.165, 1.54) is 0 Å². The van der Waals surface area contributed by atoms with E-state index in [1.807, 2.05) is 6.07 Å². The average Bonchev–Trinajstić information content (AvgIpc) is 3.10. The molecule has 0 N–H and O–H groups in total. The van der Waals surface area contributed by atoms with E-state index in [9.17, 15) is 13.2 Å². The van der Waals surface area contributed by atoms with Crippen LogP contribution in [0.25, 0.3) is 11.1 Å². The monoisotopic (exact) mass is 444 g/mol. The number of oxazole rings is 1. The van der Waals surface area contributed by atoms with Crippen LogP contribution in [0.15, 0.2) is 33.8 Å². The molecule has 0 saturated heterocycles. The number of carbonyl (C=O) groups excluding carboxylic acids is 1. The van der Waals surface area contributed by atoms with Gasteiger partial charge in [-0.1, -0.05) is 38.1 Å². The van der Waals surface area contributed by atoms with Crippen molar-refractivity contribution in [2.24, 2.45) is 28.3 Å². The van der Waals surface area contributed by atoms with Gasteiger partial charge in [0.1, 0.15) is 10.3 Å². The lowest BCUT2D eigenvalue weighted by Gasteiger charge is -2.54. The summed E-state index contributed by atoms with van der Waals surface area (Å²) in [6.07, 6.45) is 5.24. The summed E-state index contributed by atoms with van der Waals surface area (Å²) in [7, 11) is -4.00. The molecule has 4 bridgehead atoms. The van der Waals surface area contributed by atoms with E-state index < -0.39 is 20.3 Å². The van der Waals surface area contributed by atoms with Crippen LogP contribution in [0.2, 0.25) is 0 Å². The number of benzene rings is 1. The molecule has 7 nitrogen and oxygen atoms in total. The van der Waals surface area contributed by atoms with Crippen molar-refractivity contribution in [3.05, 3.63) is 30.2 Å². The van der Waals surface area contributed by atoms with E-state index >= 15 is 0 Å². The third kappa shape index (κ3) is 3.49. The molecule has 6 rings (SSSR count). The Labute approximate surface area is 182 Å². The number of carbonyl (C=O) groups is 1. The molecule has 4 saturated carbocycles. The first-order valence-electron chi connectivity index (χ1n) is 11.0. The number of hydrogen-bond acceptors (Lipinski definition) is 7. The van der Waals surface area contributed by atoms with Gasteiger partial charge in [0.05, 0.1) is 0 Å². The van der Waals surface area contributed by atoms with E-state index in [4.69, 9.17) is 8.70 Å². The van der Waals surface area contributed by atoms with Crippen molar-refractivity contribution < 1.29 is 21.9 Å². The molecule has 4 aliphatic rings. The van der Waals surface area contributed by atoms with Gasteiger partial charge in [-0.05, 0) is 68.4 Å². The van der Waals surface area contributed by atoms with Gasteiger partial charge in [-0.25, -0.2) is 4.98 Å². The molecule has 1 aromatic heterocycles. The highest BCUT2D eigenvalue weighted by Gasteiger charge is 2.59. The van der Waals surface area contributed by atoms with Crippen molar-refractivity contribution in [2.45, 2.75) is 64.0 Å². The molecule has 0 spiro atoms. The minimum atomic E-state index is -4.00. The molecule has 0 aliphatic heterocycles. The Bertz CT molecular complexity index is 1100. The van der Waals surface area contributed by atoms with Crippen LogP contribution in [-0.4, -0.2) is 29.6 Å². The van der Waals surface area contributed by atoms with Crippen molar-refractivity contribution >= 4 is 32.7 Å². The summed E-state index contributed by atoms with van der Waals surface area (Å²) in [6, 6.07) is 7.10. The molecular weight excluding hydrogens is 416 g/mol. The summed E-state index contributed by atoms with van der Waals surface area (Å²) >= 11 is 0. The van der Waals surface area contributed by atoms with Crippen LogP contribution in [0.4, 0.5) is 0 Å². The largest absolute Gasteiger partial charge is 0.435 e. The van der Waals surface area contributed by atoms with Crippen LogP contribution in [0.1, 0.15) is 65.2 Å². The van der Waals surface area contributed by atoms with Crippen molar-refractivity contribution in [2.75, 3.05) is 0 Å². The molecule has 4 aliphatic carbocycles. The van der Waals surface area contributed by atoms with E-state index in [-0.39, 0.29) is 17.4 Å². The topological polar surface area (TPSA) is 98.8 Å². The lowest BCUT2D eigenvalue weighted by Crippen LogP contribution is -2.55. The molecule has 0 radical (unpaired) electrons. The van der Waals surface area contributed by atoms with Crippen molar-refractivity contribution in [1.29, 1.82) is 0 Å². The molecule has 4 fully saturated rings. The number of para-hydroxylation sites is 2. The van der Waals surface area contributed by atoms with Crippen molar-refractivity contribution in [1.82, 2.24) is 4.98 Å². The Balaban J connectivity index is 1.51. The fraction of sp³-hybridized carbons (Fsp3) is 0.609. The van der Waals surface area contributed by atoms with Crippen LogP contribution in [-0.2, 0) is 19.2 Å². The van der Waals surface area contributed by atoms with Crippen LogP contribution >= 0.6 is 0 Å². The average molecular weight is 445 g/mol. The lowest BCUT2D eigenvalue weighted by atomic mass is 9.56. The number of nitrogens with zero attached hydrogens (tertiary/aromatic N) is 2. The molecule has 166 valence electrons. The second-order valence-electron chi connectivity index (χ2n) is 10.6. The standard InChI is InChI=1S/C23H28N2O5S/c1-22(2,3)20(26)19(21-24-17-6-4-5-7-18(17)29-21)25-30-31(27,28)23-11-14-8-15(12-23)10-16(9-14)13-23/h4-7,14-16H,8-13H2,1-3H3/b25-19+. The fourth-order valence-corrected chi connectivity index (χ4v) is 7.66. The molecule has 0 amide bonds. The number of ketones is 1. The maximum Gasteiger partial charge on any atom is 0.334 e. The van der Waals surface area contributed by atoms with E-state index in [2.05, 4.69) is 10.1 Å². The molecule has 1 aromatic carbocycles. The predicted molar refractivity (Wildman–Crippen MR) is 116 cm³/mol. The van der Waals surface area contributed by atoms with E-state index in [0.29, 0.717) is 48.1 Å². The van der Waals surface area contributed by atoms with Gasteiger partial charge >= 0.3 is 10.1 Å². The maximum absolute atomic E-state index is 13.4. The quantitative estimate of drug-likeness (QED) is 0.499. The predicted octanol–water partition coefficient (Wildman–Crippen LogP) is 4.46. The van der Waals surface area contributed by atoms with Gasteiger partial charge in [0, 0.05) is 5.41 Å². The molecular formula is C23H28N2O5S. The highest BCUT2D eigenvalue weighted by molar-refractivity contribution is 7.88. The smallest absolute Gasteiger partial charge is 0.334 e. The number of aromatic nitrogens is 1. The zero-order valence-electron chi connectivity index (χ0n) is 18.1. The van der Waals surface area contributed by atoms with Gasteiger partial charge in [0.25, 0.3) is 5.89 Å². The summed E-state index contributed by atoms with van der Waals surface area (Å²) in [6.45, 7) is 5.21. The number of rotatable bonds is 5. The molecule has 2 aromatic rings. The second kappa shape index (κ2) is 6.89. The number of hydrogen-bond donors (Lipinski definition) is 0. The summed E-state index contributed by atoms with van der Waals surface area (Å²) in [5.74, 6) is 0.922. The first-order valence-corrected chi connectivity index (χ1v) is 12.4.